The number of nitrogens with two attached hydrogens (primary N) is 1. The van der Waals surface area contributed by atoms with E-state index in [0.29, 0.717) is 18.4 Å². The van der Waals surface area contributed by atoms with Gasteiger partial charge in [-0.3, -0.25) is 0 Å². The van der Waals surface area contributed by atoms with Crippen molar-refractivity contribution in [1.29, 1.82) is 0 Å². The van der Waals surface area contributed by atoms with Crippen LogP contribution in [0.25, 0.3) is 0 Å². The Morgan fingerprint density at radius 3 is 2.77 bits per heavy atom. The van der Waals surface area contributed by atoms with Crippen molar-refractivity contribution in [2.75, 3.05) is 6.61 Å². The number of hydrogen-bond donors (Lipinski definition) is 1. The number of hydrogen-bond acceptors (Lipinski definition) is 5. The van der Waals surface area contributed by atoms with E-state index in [1.54, 1.807) is 6.92 Å². The van der Waals surface area contributed by atoms with Crippen LogP contribution in [0.5, 0.6) is 0 Å². The first-order valence-corrected chi connectivity index (χ1v) is 4.43. The van der Waals surface area contributed by atoms with Crippen LogP contribution in [0, 0.1) is 6.92 Å². The van der Waals surface area contributed by atoms with Gasteiger partial charge in [-0.2, -0.15) is 0 Å². The Bertz CT molecular complexity index is 279. The average Bonchev–Trinajstić information content (AvgIpc) is 2.53. The fourth-order valence-corrected chi connectivity index (χ4v) is 1.41. The smallest absolute Gasteiger partial charge is 0.245 e. The molecule has 2 N–H and O–H groups in total. The Labute approximate surface area is 76.3 Å². The molecule has 1 aliphatic rings. The molecule has 1 saturated heterocycles. The van der Waals surface area contributed by atoms with E-state index in [4.69, 9.17) is 14.9 Å². The van der Waals surface area contributed by atoms with Crippen molar-refractivity contribution < 1.29 is 9.15 Å². The van der Waals surface area contributed by atoms with Crippen molar-refractivity contribution in [3.8, 4) is 0 Å². The summed E-state index contributed by atoms with van der Waals surface area (Å²) in [5.41, 5.74) is 5.69. The SMILES string of the molecule is Cc1nnc([C@@H]2CC[C@@H](N)CO2)o1. The highest BCUT2D eigenvalue weighted by Gasteiger charge is 2.24. The summed E-state index contributed by atoms with van der Waals surface area (Å²) in [5.74, 6) is 1.15. The Morgan fingerprint density at radius 1 is 1.38 bits per heavy atom. The number of nitrogens with zero attached hydrogens (tertiary/aromatic N) is 2. The summed E-state index contributed by atoms with van der Waals surface area (Å²) in [6, 6.07) is 0.153. The minimum Gasteiger partial charge on any atom is -0.423 e. The van der Waals surface area contributed by atoms with Crippen molar-refractivity contribution in [2.24, 2.45) is 5.73 Å². The van der Waals surface area contributed by atoms with Crippen LogP contribution < -0.4 is 5.73 Å². The quantitative estimate of drug-likeness (QED) is 0.688. The van der Waals surface area contributed by atoms with E-state index in [2.05, 4.69) is 10.2 Å². The monoisotopic (exact) mass is 183 g/mol. The molecule has 0 bridgehead atoms. The molecular formula is C8H13N3O2. The molecule has 0 unspecified atom stereocenters. The molecule has 1 aromatic rings. The van der Waals surface area contributed by atoms with Gasteiger partial charge in [-0.1, -0.05) is 0 Å². The molecule has 0 radical (unpaired) electrons. The number of aromatic nitrogens is 2. The predicted molar refractivity (Wildman–Crippen MR) is 44.9 cm³/mol. The molecule has 2 heterocycles. The maximum Gasteiger partial charge on any atom is 0.245 e. The number of rotatable bonds is 1. The van der Waals surface area contributed by atoms with Crippen molar-refractivity contribution in [1.82, 2.24) is 10.2 Å². The highest BCUT2D eigenvalue weighted by Crippen LogP contribution is 2.25. The predicted octanol–water partition coefficient (Wildman–Crippen LogP) is 0.557. The van der Waals surface area contributed by atoms with Crippen molar-refractivity contribution in [2.45, 2.75) is 31.9 Å². The van der Waals surface area contributed by atoms with Crippen LogP contribution in [-0.4, -0.2) is 22.8 Å². The highest BCUT2D eigenvalue weighted by molar-refractivity contribution is 4.88. The number of ether oxygens (including phenoxy) is 1. The molecule has 5 nitrogen and oxygen atoms in total. The summed E-state index contributed by atoms with van der Waals surface area (Å²) in [6.07, 6.45) is 1.76. The lowest BCUT2D eigenvalue weighted by Crippen LogP contribution is -2.32. The normalized spacial score (nSPS) is 29.1. The zero-order valence-electron chi connectivity index (χ0n) is 7.56. The molecule has 2 atom stereocenters. The summed E-state index contributed by atoms with van der Waals surface area (Å²) in [4.78, 5) is 0. The largest absolute Gasteiger partial charge is 0.423 e. The van der Waals surface area contributed by atoms with E-state index in [1.807, 2.05) is 0 Å². The second-order valence-corrected chi connectivity index (χ2v) is 3.32. The lowest BCUT2D eigenvalue weighted by molar-refractivity contribution is -0.0117. The van der Waals surface area contributed by atoms with Gasteiger partial charge in [0.1, 0.15) is 6.10 Å². The first-order chi connectivity index (χ1) is 6.25. The van der Waals surface area contributed by atoms with Crippen LogP contribution in [0.1, 0.15) is 30.7 Å². The van der Waals surface area contributed by atoms with E-state index in [0.717, 1.165) is 12.8 Å². The highest BCUT2D eigenvalue weighted by atomic mass is 16.5. The molecule has 5 heteroatoms. The maximum atomic E-state index is 5.69. The van der Waals surface area contributed by atoms with Crippen molar-refractivity contribution in [3.05, 3.63) is 11.8 Å². The minimum absolute atomic E-state index is 0.0546. The Balaban J connectivity index is 2.02. The molecule has 1 aromatic heterocycles. The first-order valence-electron chi connectivity index (χ1n) is 4.43. The zero-order chi connectivity index (χ0) is 9.26. The summed E-state index contributed by atoms with van der Waals surface area (Å²) in [5, 5.41) is 7.66. The van der Waals surface area contributed by atoms with E-state index in [-0.39, 0.29) is 12.1 Å². The molecule has 1 fully saturated rings. The molecule has 0 aromatic carbocycles. The third kappa shape index (κ3) is 1.87. The third-order valence-corrected chi connectivity index (χ3v) is 2.13. The van der Waals surface area contributed by atoms with Crippen molar-refractivity contribution in [3.63, 3.8) is 0 Å². The summed E-state index contributed by atoms with van der Waals surface area (Å²) in [7, 11) is 0. The van der Waals surface area contributed by atoms with Crippen LogP contribution in [0.15, 0.2) is 4.42 Å². The molecule has 0 spiro atoms. The lowest BCUT2D eigenvalue weighted by Gasteiger charge is -2.23. The fourth-order valence-electron chi connectivity index (χ4n) is 1.41. The van der Waals surface area contributed by atoms with Crippen LogP contribution in [-0.2, 0) is 4.74 Å². The van der Waals surface area contributed by atoms with Gasteiger partial charge >= 0.3 is 0 Å². The Morgan fingerprint density at radius 2 is 2.23 bits per heavy atom. The average molecular weight is 183 g/mol. The summed E-state index contributed by atoms with van der Waals surface area (Å²) >= 11 is 0. The van der Waals surface area contributed by atoms with Gasteiger partial charge in [0, 0.05) is 13.0 Å². The van der Waals surface area contributed by atoms with Gasteiger partial charge in [0.15, 0.2) is 0 Å². The van der Waals surface area contributed by atoms with E-state index < -0.39 is 0 Å². The van der Waals surface area contributed by atoms with Crippen molar-refractivity contribution >= 4 is 0 Å². The Kier molecular flexibility index (Phi) is 2.28. The topological polar surface area (TPSA) is 74.2 Å². The lowest BCUT2D eigenvalue weighted by atomic mass is 10.1. The standard InChI is InChI=1S/C8H13N3O2/c1-5-10-11-8(13-5)7-3-2-6(9)4-12-7/h6-7H,2-4,9H2,1H3/t6-,7+/m1/s1. The summed E-state index contributed by atoms with van der Waals surface area (Å²) < 4.78 is 10.7. The van der Waals surface area contributed by atoms with Gasteiger partial charge in [-0.05, 0) is 12.8 Å². The molecule has 2 rings (SSSR count). The molecule has 13 heavy (non-hydrogen) atoms. The molecule has 1 aliphatic heterocycles. The van der Waals surface area contributed by atoms with Gasteiger partial charge in [0.25, 0.3) is 0 Å². The number of aryl methyl sites for hydroxylation is 1. The van der Waals surface area contributed by atoms with E-state index in [9.17, 15) is 0 Å². The second-order valence-electron chi connectivity index (χ2n) is 3.32. The third-order valence-electron chi connectivity index (χ3n) is 2.13. The van der Waals surface area contributed by atoms with Gasteiger partial charge in [-0.15, -0.1) is 10.2 Å². The van der Waals surface area contributed by atoms with Gasteiger partial charge < -0.3 is 14.9 Å². The first kappa shape index (κ1) is 8.65. The van der Waals surface area contributed by atoms with Gasteiger partial charge in [-0.25, -0.2) is 0 Å². The van der Waals surface area contributed by atoms with Crippen LogP contribution >= 0.6 is 0 Å². The van der Waals surface area contributed by atoms with Crippen LogP contribution in [0.3, 0.4) is 0 Å². The summed E-state index contributed by atoms with van der Waals surface area (Å²) in [6.45, 7) is 2.34. The Hall–Kier alpha value is -0.940. The molecule has 0 saturated carbocycles. The second kappa shape index (κ2) is 3.43. The minimum atomic E-state index is -0.0546. The van der Waals surface area contributed by atoms with E-state index >= 15 is 0 Å². The van der Waals surface area contributed by atoms with Gasteiger partial charge in [0.05, 0.1) is 6.61 Å². The maximum absolute atomic E-state index is 5.69. The fraction of sp³-hybridized carbons (Fsp3) is 0.750. The van der Waals surface area contributed by atoms with Gasteiger partial charge in [0.2, 0.25) is 11.8 Å². The molecule has 0 aliphatic carbocycles. The van der Waals surface area contributed by atoms with Crippen LogP contribution in [0.2, 0.25) is 0 Å². The van der Waals surface area contributed by atoms with E-state index in [1.165, 1.54) is 0 Å². The molecular weight excluding hydrogens is 170 g/mol. The molecule has 0 amide bonds. The van der Waals surface area contributed by atoms with Crippen LogP contribution in [0.4, 0.5) is 0 Å². The zero-order valence-corrected chi connectivity index (χ0v) is 7.56. The molecule has 72 valence electrons.